The van der Waals surface area contributed by atoms with E-state index < -0.39 is 12.0 Å². The topological polar surface area (TPSA) is 60.9 Å². The van der Waals surface area contributed by atoms with E-state index in [0.29, 0.717) is 23.7 Å². The fraction of sp³-hybridized carbons (Fsp3) is 0.263. The molecule has 1 atom stereocenters. The summed E-state index contributed by atoms with van der Waals surface area (Å²) in [5.41, 5.74) is 2.36. The van der Waals surface area contributed by atoms with E-state index >= 15 is 0 Å². The lowest BCUT2D eigenvalue weighted by Crippen LogP contribution is -2.53. The van der Waals surface area contributed by atoms with Crippen molar-refractivity contribution in [1.82, 2.24) is 4.90 Å². The fourth-order valence-electron chi connectivity index (χ4n) is 2.85. The Hall–Kier alpha value is -2.37. The smallest absolute Gasteiger partial charge is 0.256 e. The lowest BCUT2D eigenvalue weighted by atomic mass is 10.1. The standard InChI is InChI=1S/C19H19ClN2O3/c1-13-5-7-16(8-6-13)22-10-9-21(12-17(22)23)19(25)18(24)14-3-2-4-15(20)11-14/h2-8,11,18,24H,9-10,12H2,1H3/t18-/m0/s1. The first-order chi connectivity index (χ1) is 12.0. The zero-order chi connectivity index (χ0) is 18.0. The van der Waals surface area contributed by atoms with E-state index in [1.54, 1.807) is 29.2 Å². The van der Waals surface area contributed by atoms with Crippen molar-refractivity contribution in [3.05, 3.63) is 64.7 Å². The molecule has 0 bridgehead atoms. The van der Waals surface area contributed by atoms with Gasteiger partial charge in [-0.1, -0.05) is 41.4 Å². The molecule has 0 aliphatic carbocycles. The Balaban J connectivity index is 1.69. The van der Waals surface area contributed by atoms with Gasteiger partial charge in [0.2, 0.25) is 5.91 Å². The molecular formula is C19H19ClN2O3. The summed E-state index contributed by atoms with van der Waals surface area (Å²) in [7, 11) is 0. The van der Waals surface area contributed by atoms with Gasteiger partial charge in [-0.3, -0.25) is 9.59 Å². The van der Waals surface area contributed by atoms with Crippen molar-refractivity contribution in [2.45, 2.75) is 13.0 Å². The largest absolute Gasteiger partial charge is 0.378 e. The maximum absolute atomic E-state index is 12.5. The van der Waals surface area contributed by atoms with Crippen molar-refractivity contribution in [3.8, 4) is 0 Å². The van der Waals surface area contributed by atoms with E-state index in [4.69, 9.17) is 11.6 Å². The van der Waals surface area contributed by atoms with Gasteiger partial charge < -0.3 is 14.9 Å². The molecule has 1 aliphatic rings. The van der Waals surface area contributed by atoms with Crippen LogP contribution in [0, 0.1) is 6.92 Å². The molecule has 2 amide bonds. The summed E-state index contributed by atoms with van der Waals surface area (Å²) in [5, 5.41) is 10.7. The molecule has 3 rings (SSSR count). The number of aryl methyl sites for hydroxylation is 1. The summed E-state index contributed by atoms with van der Waals surface area (Å²) in [6, 6.07) is 14.2. The predicted octanol–water partition coefficient (Wildman–Crippen LogP) is 2.56. The summed E-state index contributed by atoms with van der Waals surface area (Å²) in [6.07, 6.45) is -1.32. The van der Waals surface area contributed by atoms with Gasteiger partial charge >= 0.3 is 0 Å². The summed E-state index contributed by atoms with van der Waals surface area (Å²) >= 11 is 5.90. The zero-order valence-corrected chi connectivity index (χ0v) is 14.6. The van der Waals surface area contributed by atoms with E-state index in [1.165, 1.54) is 4.90 Å². The number of benzene rings is 2. The molecule has 6 heteroatoms. The first-order valence-corrected chi connectivity index (χ1v) is 8.43. The molecule has 0 aromatic heterocycles. The monoisotopic (exact) mass is 358 g/mol. The zero-order valence-electron chi connectivity index (χ0n) is 13.9. The number of carbonyl (C=O) groups excluding carboxylic acids is 2. The lowest BCUT2D eigenvalue weighted by Gasteiger charge is -2.35. The molecule has 25 heavy (non-hydrogen) atoms. The van der Waals surface area contributed by atoms with Crippen molar-refractivity contribution >= 4 is 29.1 Å². The van der Waals surface area contributed by atoms with Crippen LogP contribution < -0.4 is 4.90 Å². The maximum atomic E-state index is 12.5. The van der Waals surface area contributed by atoms with Crippen LogP contribution in [0.3, 0.4) is 0 Å². The second kappa shape index (κ2) is 7.25. The Labute approximate surface area is 151 Å². The molecule has 1 heterocycles. The van der Waals surface area contributed by atoms with Crippen molar-refractivity contribution in [2.75, 3.05) is 24.5 Å². The van der Waals surface area contributed by atoms with Crippen molar-refractivity contribution < 1.29 is 14.7 Å². The normalized spacial score (nSPS) is 16.0. The molecule has 0 spiro atoms. The van der Waals surface area contributed by atoms with Gasteiger partial charge in [0.05, 0.1) is 0 Å². The highest BCUT2D eigenvalue weighted by molar-refractivity contribution is 6.30. The maximum Gasteiger partial charge on any atom is 0.256 e. The Bertz CT molecular complexity index is 792. The number of anilines is 1. The van der Waals surface area contributed by atoms with Crippen molar-refractivity contribution in [1.29, 1.82) is 0 Å². The third-order valence-electron chi connectivity index (χ3n) is 4.28. The van der Waals surface area contributed by atoms with Gasteiger partial charge in [-0.15, -0.1) is 0 Å². The third kappa shape index (κ3) is 3.83. The molecule has 0 unspecified atom stereocenters. The highest BCUT2D eigenvalue weighted by atomic mass is 35.5. The van der Waals surface area contributed by atoms with E-state index in [2.05, 4.69) is 0 Å². The van der Waals surface area contributed by atoms with Crippen LogP contribution >= 0.6 is 11.6 Å². The number of hydrogen-bond acceptors (Lipinski definition) is 3. The molecule has 2 aromatic rings. The van der Waals surface area contributed by atoms with E-state index in [-0.39, 0.29) is 12.5 Å². The third-order valence-corrected chi connectivity index (χ3v) is 4.51. The van der Waals surface area contributed by atoms with Crippen LogP contribution in [0.5, 0.6) is 0 Å². The second-order valence-corrected chi connectivity index (χ2v) is 6.53. The van der Waals surface area contributed by atoms with Gasteiger partial charge in [0.1, 0.15) is 6.54 Å². The average molecular weight is 359 g/mol. The number of rotatable bonds is 3. The molecule has 1 aliphatic heterocycles. The van der Waals surface area contributed by atoms with E-state index in [0.717, 1.165) is 11.3 Å². The minimum Gasteiger partial charge on any atom is -0.378 e. The molecular weight excluding hydrogens is 340 g/mol. The minimum absolute atomic E-state index is 0.0513. The Kier molecular flexibility index (Phi) is 5.06. The van der Waals surface area contributed by atoms with Gasteiger partial charge in [-0.05, 0) is 36.8 Å². The molecule has 130 valence electrons. The Morgan fingerprint density at radius 3 is 2.52 bits per heavy atom. The minimum atomic E-state index is -1.32. The molecule has 1 fully saturated rings. The molecule has 1 saturated heterocycles. The number of aliphatic hydroxyl groups excluding tert-OH is 1. The molecule has 0 saturated carbocycles. The molecule has 1 N–H and O–H groups in total. The predicted molar refractivity (Wildman–Crippen MR) is 96.5 cm³/mol. The summed E-state index contributed by atoms with van der Waals surface area (Å²) in [5.74, 6) is -0.652. The first-order valence-electron chi connectivity index (χ1n) is 8.05. The number of piperazine rings is 1. The van der Waals surface area contributed by atoms with Crippen LogP contribution in [0.25, 0.3) is 0 Å². The van der Waals surface area contributed by atoms with Gasteiger partial charge in [0.25, 0.3) is 5.91 Å². The highest BCUT2D eigenvalue weighted by Crippen LogP contribution is 2.22. The number of carbonyl (C=O) groups is 2. The number of amides is 2. The van der Waals surface area contributed by atoms with Crippen LogP contribution in [0.4, 0.5) is 5.69 Å². The summed E-state index contributed by atoms with van der Waals surface area (Å²) < 4.78 is 0. The van der Waals surface area contributed by atoms with E-state index in [1.807, 2.05) is 31.2 Å². The first kappa shape index (κ1) is 17.5. The van der Waals surface area contributed by atoms with Gasteiger partial charge in [-0.25, -0.2) is 0 Å². The van der Waals surface area contributed by atoms with Crippen LogP contribution in [0.1, 0.15) is 17.2 Å². The quantitative estimate of drug-likeness (QED) is 0.917. The van der Waals surface area contributed by atoms with Gasteiger partial charge in [-0.2, -0.15) is 0 Å². The second-order valence-electron chi connectivity index (χ2n) is 6.10. The van der Waals surface area contributed by atoms with Crippen LogP contribution in [-0.2, 0) is 9.59 Å². The fourth-order valence-corrected chi connectivity index (χ4v) is 3.05. The Morgan fingerprint density at radius 2 is 1.88 bits per heavy atom. The summed E-state index contributed by atoms with van der Waals surface area (Å²) in [4.78, 5) is 28.0. The average Bonchev–Trinajstić information content (AvgIpc) is 2.61. The molecule has 2 aromatic carbocycles. The van der Waals surface area contributed by atoms with Crippen molar-refractivity contribution in [3.63, 3.8) is 0 Å². The molecule has 0 radical (unpaired) electrons. The number of aliphatic hydroxyl groups is 1. The molecule has 5 nitrogen and oxygen atoms in total. The SMILES string of the molecule is Cc1ccc(N2CCN(C(=O)[C@@H](O)c3cccc(Cl)c3)CC2=O)cc1. The Morgan fingerprint density at radius 1 is 1.16 bits per heavy atom. The summed E-state index contributed by atoms with van der Waals surface area (Å²) in [6.45, 7) is 2.70. The van der Waals surface area contributed by atoms with Gasteiger partial charge in [0, 0.05) is 23.8 Å². The van der Waals surface area contributed by atoms with Gasteiger partial charge in [0.15, 0.2) is 6.10 Å². The van der Waals surface area contributed by atoms with Crippen molar-refractivity contribution in [2.24, 2.45) is 0 Å². The van der Waals surface area contributed by atoms with E-state index in [9.17, 15) is 14.7 Å². The highest BCUT2D eigenvalue weighted by Gasteiger charge is 2.31. The number of nitrogens with zero attached hydrogens (tertiary/aromatic N) is 2. The number of halogens is 1. The number of hydrogen-bond donors (Lipinski definition) is 1. The lowest BCUT2D eigenvalue weighted by molar-refractivity contribution is -0.144. The van der Waals surface area contributed by atoms with Crippen LogP contribution in [-0.4, -0.2) is 41.5 Å². The van der Waals surface area contributed by atoms with Crippen LogP contribution in [0.15, 0.2) is 48.5 Å². The van der Waals surface area contributed by atoms with Crippen LogP contribution in [0.2, 0.25) is 5.02 Å².